The van der Waals surface area contributed by atoms with Gasteiger partial charge in [-0.15, -0.1) is 0 Å². The van der Waals surface area contributed by atoms with Gasteiger partial charge >= 0.3 is 0 Å². The average molecular weight is 588 g/mol. The molecule has 3 heterocycles. The van der Waals surface area contributed by atoms with Crippen molar-refractivity contribution in [3.8, 4) is 28.3 Å². The molecule has 3 aromatic heterocycles. The summed E-state index contributed by atoms with van der Waals surface area (Å²) >= 11 is 0. The van der Waals surface area contributed by atoms with E-state index in [9.17, 15) is 0 Å². The molecule has 0 unspecified atom stereocenters. The van der Waals surface area contributed by atoms with Crippen molar-refractivity contribution in [2.24, 2.45) is 0 Å². The quantitative estimate of drug-likeness (QED) is 0.207. The van der Waals surface area contributed by atoms with Crippen LogP contribution in [0, 0.1) is 0 Å². The molecule has 0 amide bonds. The van der Waals surface area contributed by atoms with Crippen LogP contribution < -0.4 is 0 Å². The smallest absolute Gasteiger partial charge is 0.160 e. The Hall–Kier alpha value is -6.26. The minimum atomic E-state index is 0.702. The van der Waals surface area contributed by atoms with Gasteiger partial charge in [0.1, 0.15) is 5.58 Å². The van der Waals surface area contributed by atoms with E-state index in [0.717, 1.165) is 66.4 Å². The average Bonchev–Trinajstić information content (AvgIpc) is 3.66. The van der Waals surface area contributed by atoms with Gasteiger partial charge in [-0.3, -0.25) is 0 Å². The zero-order chi connectivity index (χ0) is 30.2. The van der Waals surface area contributed by atoms with Crippen LogP contribution in [-0.2, 0) is 0 Å². The topological polar surface area (TPSA) is 43.9 Å². The van der Waals surface area contributed by atoms with Crippen LogP contribution in [0.25, 0.3) is 93.8 Å². The van der Waals surface area contributed by atoms with E-state index in [1.54, 1.807) is 0 Å². The van der Waals surface area contributed by atoms with Gasteiger partial charge in [0.2, 0.25) is 0 Å². The second-order valence-corrected chi connectivity index (χ2v) is 11.8. The minimum Gasteiger partial charge on any atom is -0.454 e. The minimum absolute atomic E-state index is 0.702. The summed E-state index contributed by atoms with van der Waals surface area (Å²) in [5.74, 6) is 0.702. The molecule has 7 aromatic carbocycles. The fourth-order valence-corrected chi connectivity index (χ4v) is 7.10. The number of nitrogens with zero attached hydrogens (tertiary/aromatic N) is 3. The molecular formula is C42H25N3O. The summed E-state index contributed by atoms with van der Waals surface area (Å²) in [6.07, 6.45) is 0. The van der Waals surface area contributed by atoms with Crippen LogP contribution in [0.2, 0.25) is 0 Å². The van der Waals surface area contributed by atoms with Crippen molar-refractivity contribution < 1.29 is 4.42 Å². The van der Waals surface area contributed by atoms with E-state index in [4.69, 9.17) is 14.4 Å². The molecule has 0 atom stereocenters. The van der Waals surface area contributed by atoms with Crippen molar-refractivity contribution in [2.75, 3.05) is 0 Å². The summed E-state index contributed by atoms with van der Waals surface area (Å²) in [5, 5.41) is 7.98. The summed E-state index contributed by atoms with van der Waals surface area (Å²) in [6.45, 7) is 0. The van der Waals surface area contributed by atoms with E-state index in [0.29, 0.717) is 5.82 Å². The first-order chi connectivity index (χ1) is 22.8. The maximum atomic E-state index is 6.82. The van der Waals surface area contributed by atoms with E-state index >= 15 is 0 Å². The summed E-state index contributed by atoms with van der Waals surface area (Å²) < 4.78 is 9.18. The Labute approximate surface area is 263 Å². The van der Waals surface area contributed by atoms with Gasteiger partial charge in [0, 0.05) is 38.1 Å². The molecule has 0 aliphatic carbocycles. The Morgan fingerprint density at radius 1 is 0.500 bits per heavy atom. The van der Waals surface area contributed by atoms with Crippen LogP contribution in [0.3, 0.4) is 0 Å². The molecule has 0 spiro atoms. The Kier molecular flexibility index (Phi) is 5.25. The predicted octanol–water partition coefficient (Wildman–Crippen LogP) is 11.1. The second-order valence-electron chi connectivity index (χ2n) is 11.8. The predicted molar refractivity (Wildman–Crippen MR) is 190 cm³/mol. The molecule has 4 nitrogen and oxygen atoms in total. The number of hydrogen-bond acceptors (Lipinski definition) is 3. The van der Waals surface area contributed by atoms with Crippen molar-refractivity contribution in [3.05, 3.63) is 152 Å². The summed E-state index contributed by atoms with van der Waals surface area (Å²) in [5.41, 5.74) is 8.76. The largest absolute Gasteiger partial charge is 0.454 e. The van der Waals surface area contributed by atoms with Crippen molar-refractivity contribution in [2.45, 2.75) is 0 Å². The lowest BCUT2D eigenvalue weighted by molar-refractivity contribution is 0.666. The van der Waals surface area contributed by atoms with Gasteiger partial charge in [-0.25, -0.2) is 9.97 Å². The van der Waals surface area contributed by atoms with Crippen molar-refractivity contribution >= 4 is 65.4 Å². The highest BCUT2D eigenvalue weighted by molar-refractivity contribution is 6.19. The number of benzene rings is 7. The number of aromatic nitrogens is 3. The lowest BCUT2D eigenvalue weighted by atomic mass is 9.99. The van der Waals surface area contributed by atoms with E-state index in [1.165, 1.54) is 21.5 Å². The molecule has 10 aromatic rings. The third-order valence-corrected chi connectivity index (χ3v) is 9.18. The highest BCUT2D eigenvalue weighted by Crippen LogP contribution is 2.44. The summed E-state index contributed by atoms with van der Waals surface area (Å²) in [7, 11) is 0. The first-order valence-electron chi connectivity index (χ1n) is 15.5. The molecule has 214 valence electrons. The van der Waals surface area contributed by atoms with Gasteiger partial charge in [0.25, 0.3) is 0 Å². The monoisotopic (exact) mass is 587 g/mol. The maximum Gasteiger partial charge on any atom is 0.160 e. The van der Waals surface area contributed by atoms with Crippen molar-refractivity contribution in [1.82, 2.24) is 14.5 Å². The standard InChI is InChI=1S/C42H25N3O/c1-2-12-26(13-3-1)42-43-34-19-9-6-17-30(34)40(44-42)32-22-23-36(41-39(32)31-18-8-11-21-38(31)46-41)45-35-20-10-7-16-29(35)33-24-27-14-4-5-15-28(27)25-37(33)45/h1-25H. The van der Waals surface area contributed by atoms with Gasteiger partial charge in [0.15, 0.2) is 11.4 Å². The maximum absolute atomic E-state index is 6.82. The van der Waals surface area contributed by atoms with E-state index in [2.05, 4.69) is 126 Å². The van der Waals surface area contributed by atoms with E-state index in [-0.39, 0.29) is 0 Å². The zero-order valence-electron chi connectivity index (χ0n) is 24.7. The van der Waals surface area contributed by atoms with Crippen LogP contribution in [0.1, 0.15) is 0 Å². The molecule has 10 rings (SSSR count). The van der Waals surface area contributed by atoms with Gasteiger partial charge < -0.3 is 8.98 Å². The lowest BCUT2D eigenvalue weighted by Gasteiger charge is -2.13. The normalized spacial score (nSPS) is 11.9. The van der Waals surface area contributed by atoms with Crippen LogP contribution in [0.5, 0.6) is 0 Å². The molecule has 4 heteroatoms. The van der Waals surface area contributed by atoms with E-state index in [1.807, 2.05) is 30.3 Å². The first-order valence-corrected chi connectivity index (χ1v) is 15.5. The molecule has 0 bridgehead atoms. The highest BCUT2D eigenvalue weighted by atomic mass is 16.3. The molecule has 0 N–H and O–H groups in total. The molecule has 0 saturated carbocycles. The number of rotatable bonds is 3. The molecular weight excluding hydrogens is 562 g/mol. The molecule has 46 heavy (non-hydrogen) atoms. The van der Waals surface area contributed by atoms with Crippen LogP contribution in [0.15, 0.2) is 156 Å². The summed E-state index contributed by atoms with van der Waals surface area (Å²) in [6, 6.07) is 53.0. The Morgan fingerprint density at radius 2 is 1.20 bits per heavy atom. The van der Waals surface area contributed by atoms with Crippen molar-refractivity contribution in [1.29, 1.82) is 0 Å². The van der Waals surface area contributed by atoms with Gasteiger partial charge in [0.05, 0.1) is 27.9 Å². The third kappa shape index (κ3) is 3.61. The summed E-state index contributed by atoms with van der Waals surface area (Å²) in [4.78, 5) is 10.2. The SMILES string of the molecule is c1ccc(-c2nc(-c3ccc(-n4c5ccccc5c5cc6ccccc6cc54)c4oc5ccccc5c34)c3ccccc3n2)cc1. The Balaban J connectivity index is 1.34. The number of para-hydroxylation sites is 3. The highest BCUT2D eigenvalue weighted by Gasteiger charge is 2.22. The molecule has 0 fully saturated rings. The fourth-order valence-electron chi connectivity index (χ4n) is 7.10. The Morgan fingerprint density at radius 3 is 2.07 bits per heavy atom. The van der Waals surface area contributed by atoms with Crippen molar-refractivity contribution in [3.63, 3.8) is 0 Å². The molecule has 0 radical (unpaired) electrons. The Bertz CT molecular complexity index is 2810. The van der Waals surface area contributed by atoms with Gasteiger partial charge in [-0.1, -0.05) is 109 Å². The van der Waals surface area contributed by atoms with E-state index < -0.39 is 0 Å². The van der Waals surface area contributed by atoms with Crippen LogP contribution in [0.4, 0.5) is 0 Å². The molecule has 0 aliphatic heterocycles. The van der Waals surface area contributed by atoms with Crippen LogP contribution >= 0.6 is 0 Å². The van der Waals surface area contributed by atoms with Gasteiger partial charge in [-0.05, 0) is 53.2 Å². The third-order valence-electron chi connectivity index (χ3n) is 9.18. The lowest BCUT2D eigenvalue weighted by Crippen LogP contribution is -1.98. The fraction of sp³-hybridized carbons (Fsp3) is 0. The first kappa shape index (κ1) is 25.1. The second kappa shape index (κ2) is 9.62. The number of hydrogen-bond donors (Lipinski definition) is 0. The molecule has 0 saturated heterocycles. The van der Waals surface area contributed by atoms with Crippen LogP contribution in [-0.4, -0.2) is 14.5 Å². The van der Waals surface area contributed by atoms with Gasteiger partial charge in [-0.2, -0.15) is 0 Å². The number of furan rings is 1. The zero-order valence-corrected chi connectivity index (χ0v) is 24.7. The molecule has 0 aliphatic rings. The number of fused-ring (bicyclic) bond motifs is 8.